The molecule has 0 spiro atoms. The molecule has 90 valence electrons. The molecule has 0 aliphatic rings. The Labute approximate surface area is 108 Å². The fourth-order valence-corrected chi connectivity index (χ4v) is 1.36. The number of hydrogen-bond acceptors (Lipinski definition) is 4. The summed E-state index contributed by atoms with van der Waals surface area (Å²) >= 11 is 8.95. The normalized spacial score (nSPS) is 11.6. The summed E-state index contributed by atoms with van der Waals surface area (Å²) in [7, 11) is 1.68. The van der Waals surface area contributed by atoms with E-state index < -0.39 is 0 Å². The van der Waals surface area contributed by atoms with Crippen molar-refractivity contribution in [2.45, 2.75) is 25.9 Å². The zero-order valence-electron chi connectivity index (χ0n) is 9.46. The van der Waals surface area contributed by atoms with Crippen LogP contribution in [-0.4, -0.2) is 29.3 Å². The van der Waals surface area contributed by atoms with Crippen LogP contribution < -0.4 is 4.74 Å². The van der Waals surface area contributed by atoms with E-state index in [1.807, 2.05) is 13.8 Å². The third kappa shape index (κ3) is 4.23. The topological polar surface area (TPSA) is 44.2 Å². The van der Waals surface area contributed by atoms with E-state index in [-0.39, 0.29) is 10.9 Å². The van der Waals surface area contributed by atoms with Crippen LogP contribution in [0.3, 0.4) is 0 Å². The maximum Gasteiger partial charge on any atom is 0.232 e. The van der Waals surface area contributed by atoms with E-state index in [2.05, 4.69) is 25.9 Å². The molecule has 16 heavy (non-hydrogen) atoms. The highest BCUT2D eigenvalue weighted by Crippen LogP contribution is 2.23. The van der Waals surface area contributed by atoms with Gasteiger partial charge in [0, 0.05) is 19.7 Å². The summed E-state index contributed by atoms with van der Waals surface area (Å²) in [6.45, 7) is 4.50. The van der Waals surface area contributed by atoms with Crippen molar-refractivity contribution in [3.63, 3.8) is 0 Å². The van der Waals surface area contributed by atoms with E-state index in [0.29, 0.717) is 17.0 Å². The Bertz CT molecular complexity index is 361. The van der Waals surface area contributed by atoms with E-state index >= 15 is 0 Å². The molecule has 0 bridgehead atoms. The van der Waals surface area contributed by atoms with Gasteiger partial charge in [-0.25, -0.2) is 4.98 Å². The van der Waals surface area contributed by atoms with Crippen LogP contribution in [0.4, 0.5) is 0 Å². The van der Waals surface area contributed by atoms with Crippen molar-refractivity contribution >= 4 is 27.5 Å². The van der Waals surface area contributed by atoms with Crippen molar-refractivity contribution < 1.29 is 9.47 Å². The Balaban J connectivity index is 2.52. The molecule has 0 N–H and O–H groups in total. The first kappa shape index (κ1) is 13.7. The van der Waals surface area contributed by atoms with Gasteiger partial charge in [0.2, 0.25) is 11.2 Å². The van der Waals surface area contributed by atoms with E-state index in [1.165, 1.54) is 0 Å². The van der Waals surface area contributed by atoms with Crippen LogP contribution in [0.5, 0.6) is 5.88 Å². The molecule has 0 aliphatic heterocycles. The van der Waals surface area contributed by atoms with Crippen molar-refractivity contribution in [2.75, 3.05) is 13.7 Å². The van der Waals surface area contributed by atoms with Gasteiger partial charge in [-0.2, -0.15) is 4.98 Å². The number of hydrogen-bond donors (Lipinski definition) is 0. The molecule has 0 aliphatic carbocycles. The average molecular weight is 310 g/mol. The monoisotopic (exact) mass is 308 g/mol. The molecule has 0 atom stereocenters. The summed E-state index contributed by atoms with van der Waals surface area (Å²) in [5.41, 5.74) is -0.205. The van der Waals surface area contributed by atoms with Crippen LogP contribution >= 0.6 is 27.5 Å². The smallest absolute Gasteiger partial charge is 0.232 e. The quantitative estimate of drug-likeness (QED) is 0.784. The fraction of sp³-hybridized carbons (Fsp3) is 0.600. The van der Waals surface area contributed by atoms with Gasteiger partial charge in [0.05, 0.1) is 16.7 Å². The van der Waals surface area contributed by atoms with Crippen LogP contribution in [0, 0.1) is 0 Å². The van der Waals surface area contributed by atoms with Gasteiger partial charge in [-0.3, -0.25) is 0 Å². The Morgan fingerprint density at radius 2 is 2.19 bits per heavy atom. The number of nitrogens with zero attached hydrogens (tertiary/aromatic N) is 2. The van der Waals surface area contributed by atoms with Gasteiger partial charge in [-0.05, 0) is 41.4 Å². The lowest BCUT2D eigenvalue weighted by molar-refractivity contribution is 0.00501. The minimum atomic E-state index is -0.205. The summed E-state index contributed by atoms with van der Waals surface area (Å²) in [6, 6.07) is 0. The zero-order chi connectivity index (χ0) is 12.2. The molecule has 0 radical (unpaired) electrons. The molecule has 1 heterocycles. The van der Waals surface area contributed by atoms with Crippen molar-refractivity contribution in [3.05, 3.63) is 16.0 Å². The van der Waals surface area contributed by atoms with Crippen molar-refractivity contribution in [2.24, 2.45) is 0 Å². The highest BCUT2D eigenvalue weighted by atomic mass is 79.9. The lowest BCUT2D eigenvalue weighted by atomic mass is 10.1. The van der Waals surface area contributed by atoms with Crippen LogP contribution in [-0.2, 0) is 4.74 Å². The maximum absolute atomic E-state index is 5.67. The van der Waals surface area contributed by atoms with Gasteiger partial charge in [-0.1, -0.05) is 0 Å². The van der Waals surface area contributed by atoms with Crippen LogP contribution in [0.15, 0.2) is 10.7 Å². The lowest BCUT2D eigenvalue weighted by Gasteiger charge is -2.22. The van der Waals surface area contributed by atoms with Crippen LogP contribution in [0.1, 0.15) is 20.3 Å². The molecule has 0 fully saturated rings. The van der Waals surface area contributed by atoms with Crippen molar-refractivity contribution in [1.29, 1.82) is 0 Å². The van der Waals surface area contributed by atoms with Gasteiger partial charge in [0.15, 0.2) is 0 Å². The molecule has 0 aromatic carbocycles. The third-order valence-electron chi connectivity index (χ3n) is 2.18. The molecule has 1 aromatic heterocycles. The van der Waals surface area contributed by atoms with Crippen LogP contribution in [0.25, 0.3) is 0 Å². The zero-order valence-corrected chi connectivity index (χ0v) is 11.8. The molecule has 6 heteroatoms. The molecular formula is C10H14BrClN2O2. The summed E-state index contributed by atoms with van der Waals surface area (Å²) in [5.74, 6) is 0.451. The Hall–Kier alpha value is -0.390. The second-order valence-electron chi connectivity index (χ2n) is 3.85. The second-order valence-corrected chi connectivity index (χ2v) is 5.05. The molecular weight excluding hydrogens is 295 g/mol. The molecule has 0 amide bonds. The van der Waals surface area contributed by atoms with E-state index in [1.54, 1.807) is 13.3 Å². The number of rotatable bonds is 5. The number of halogens is 2. The standard InChI is InChI=1S/C10H14BrClN2O2/c1-10(2,15-3)4-5-16-8-7(11)6-13-9(12)14-8/h6H,4-5H2,1-3H3. The van der Waals surface area contributed by atoms with Crippen molar-refractivity contribution in [3.8, 4) is 5.88 Å². The van der Waals surface area contributed by atoms with E-state index in [0.717, 1.165) is 6.42 Å². The predicted molar refractivity (Wildman–Crippen MR) is 65.9 cm³/mol. The van der Waals surface area contributed by atoms with Gasteiger partial charge >= 0.3 is 0 Å². The average Bonchev–Trinajstić information content (AvgIpc) is 2.23. The Morgan fingerprint density at radius 1 is 1.50 bits per heavy atom. The predicted octanol–water partition coefficient (Wildman–Crippen LogP) is 3.09. The largest absolute Gasteiger partial charge is 0.477 e. The number of methoxy groups -OCH3 is 1. The van der Waals surface area contributed by atoms with Gasteiger partial charge in [0.1, 0.15) is 0 Å². The molecule has 0 saturated carbocycles. The second kappa shape index (κ2) is 5.80. The summed E-state index contributed by atoms with van der Waals surface area (Å²) in [6.07, 6.45) is 2.32. The first-order chi connectivity index (χ1) is 7.44. The Morgan fingerprint density at radius 3 is 2.81 bits per heavy atom. The van der Waals surface area contributed by atoms with Crippen LogP contribution in [0.2, 0.25) is 5.28 Å². The SMILES string of the molecule is COC(C)(C)CCOc1nc(Cl)ncc1Br. The summed E-state index contributed by atoms with van der Waals surface area (Å²) in [4.78, 5) is 7.78. The highest BCUT2D eigenvalue weighted by molar-refractivity contribution is 9.10. The molecule has 0 saturated heterocycles. The lowest BCUT2D eigenvalue weighted by Crippen LogP contribution is -2.25. The van der Waals surface area contributed by atoms with Gasteiger partial charge in [0.25, 0.3) is 0 Å². The van der Waals surface area contributed by atoms with Crippen molar-refractivity contribution in [1.82, 2.24) is 9.97 Å². The van der Waals surface area contributed by atoms with Gasteiger partial charge < -0.3 is 9.47 Å². The first-order valence-electron chi connectivity index (χ1n) is 4.80. The van der Waals surface area contributed by atoms with Gasteiger partial charge in [-0.15, -0.1) is 0 Å². The minimum Gasteiger partial charge on any atom is -0.477 e. The number of aromatic nitrogens is 2. The minimum absolute atomic E-state index is 0.171. The maximum atomic E-state index is 5.67. The fourth-order valence-electron chi connectivity index (χ4n) is 0.928. The first-order valence-corrected chi connectivity index (χ1v) is 5.98. The molecule has 1 rings (SSSR count). The summed E-state index contributed by atoms with van der Waals surface area (Å²) < 4.78 is 11.5. The third-order valence-corrected chi connectivity index (χ3v) is 2.90. The highest BCUT2D eigenvalue weighted by Gasteiger charge is 2.16. The van der Waals surface area contributed by atoms with E-state index in [9.17, 15) is 0 Å². The summed E-state index contributed by atoms with van der Waals surface area (Å²) in [5, 5.41) is 0.171. The molecule has 1 aromatic rings. The van der Waals surface area contributed by atoms with E-state index in [4.69, 9.17) is 21.1 Å². The molecule has 4 nitrogen and oxygen atoms in total. The molecule has 0 unspecified atom stereocenters. The Kier molecular flexibility index (Phi) is 4.95. The number of ether oxygens (including phenoxy) is 2.